The second-order valence-electron chi connectivity index (χ2n) is 6.64. The molecule has 0 saturated carbocycles. The van der Waals surface area contributed by atoms with Crippen molar-refractivity contribution in [2.24, 2.45) is 4.99 Å². The summed E-state index contributed by atoms with van der Waals surface area (Å²) in [5, 5.41) is 6.59. The quantitative estimate of drug-likeness (QED) is 0.183. The van der Waals surface area contributed by atoms with Crippen molar-refractivity contribution in [1.29, 1.82) is 0 Å². The molecule has 1 atom stereocenters. The minimum atomic E-state index is -0.0614. The molecule has 0 fully saturated rings. The van der Waals surface area contributed by atoms with Crippen LogP contribution in [0.25, 0.3) is 0 Å². The van der Waals surface area contributed by atoms with E-state index < -0.39 is 0 Å². The van der Waals surface area contributed by atoms with Gasteiger partial charge in [0.15, 0.2) is 17.5 Å². The highest BCUT2D eigenvalue weighted by atomic mass is 127. The van der Waals surface area contributed by atoms with Gasteiger partial charge >= 0.3 is 0 Å². The van der Waals surface area contributed by atoms with Crippen molar-refractivity contribution in [3.8, 4) is 17.2 Å². The highest BCUT2D eigenvalue weighted by Crippen LogP contribution is 2.26. The lowest BCUT2D eigenvalue weighted by Gasteiger charge is -2.19. The van der Waals surface area contributed by atoms with E-state index in [0.29, 0.717) is 26.3 Å². The Morgan fingerprint density at radius 1 is 0.968 bits per heavy atom. The minimum Gasteiger partial charge on any atom is -0.493 e. The Morgan fingerprint density at radius 3 is 2.32 bits per heavy atom. The summed E-state index contributed by atoms with van der Waals surface area (Å²) in [5.74, 6) is 3.02. The van der Waals surface area contributed by atoms with Gasteiger partial charge in [-0.1, -0.05) is 24.3 Å². The van der Waals surface area contributed by atoms with Crippen LogP contribution in [0.1, 0.15) is 19.4 Å². The van der Waals surface area contributed by atoms with Crippen molar-refractivity contribution in [1.82, 2.24) is 10.6 Å². The Kier molecular flexibility index (Phi) is 13.5. The summed E-state index contributed by atoms with van der Waals surface area (Å²) < 4.78 is 21.9. The number of nitrogens with zero attached hydrogens (tertiary/aromatic N) is 1. The van der Waals surface area contributed by atoms with Gasteiger partial charge < -0.3 is 29.6 Å². The predicted octanol–water partition coefficient (Wildman–Crippen LogP) is 3.86. The molecular weight excluding hydrogens is 509 g/mol. The standard InChI is InChI=1S/C23H33N3O4.HI/c1-5-24-23(25-16-18(2)30-22-9-7-6-8-21(22)28-4)26-17-19-10-12-20(13-11-19)29-15-14-27-3;/h6-13,18H,5,14-17H2,1-4H3,(H2,24,25,26);1H. The van der Waals surface area contributed by atoms with Crippen LogP contribution in [0.3, 0.4) is 0 Å². The smallest absolute Gasteiger partial charge is 0.191 e. The first kappa shape index (κ1) is 26.8. The van der Waals surface area contributed by atoms with Crippen molar-refractivity contribution < 1.29 is 18.9 Å². The fraction of sp³-hybridized carbons (Fsp3) is 0.435. The number of rotatable bonds is 12. The van der Waals surface area contributed by atoms with Crippen LogP contribution in [-0.2, 0) is 11.3 Å². The Hall–Kier alpha value is -2.20. The molecule has 0 amide bonds. The molecule has 0 saturated heterocycles. The van der Waals surface area contributed by atoms with Crippen molar-refractivity contribution >= 4 is 29.9 Å². The maximum atomic E-state index is 5.99. The number of guanidine groups is 1. The van der Waals surface area contributed by atoms with E-state index in [1.165, 1.54) is 0 Å². The van der Waals surface area contributed by atoms with Crippen LogP contribution in [0.4, 0.5) is 0 Å². The molecular formula is C23H34IN3O4. The summed E-state index contributed by atoms with van der Waals surface area (Å²) in [4.78, 5) is 4.65. The Morgan fingerprint density at radius 2 is 1.68 bits per heavy atom. The zero-order chi connectivity index (χ0) is 21.6. The average Bonchev–Trinajstić information content (AvgIpc) is 2.77. The lowest BCUT2D eigenvalue weighted by atomic mass is 10.2. The summed E-state index contributed by atoms with van der Waals surface area (Å²) in [7, 11) is 3.30. The molecule has 0 spiro atoms. The van der Waals surface area contributed by atoms with Crippen molar-refractivity contribution in [2.75, 3.05) is 40.5 Å². The molecule has 172 valence electrons. The Labute approximate surface area is 202 Å². The lowest BCUT2D eigenvalue weighted by Crippen LogP contribution is -2.41. The largest absolute Gasteiger partial charge is 0.493 e. The second-order valence-corrected chi connectivity index (χ2v) is 6.64. The van der Waals surface area contributed by atoms with Crippen LogP contribution >= 0.6 is 24.0 Å². The minimum absolute atomic E-state index is 0. The third-order valence-corrected chi connectivity index (χ3v) is 4.20. The first-order chi connectivity index (χ1) is 14.7. The highest BCUT2D eigenvalue weighted by Gasteiger charge is 2.09. The number of benzene rings is 2. The van der Waals surface area contributed by atoms with Gasteiger partial charge in [0, 0.05) is 13.7 Å². The monoisotopic (exact) mass is 543 g/mol. The molecule has 0 bridgehead atoms. The molecule has 2 aromatic carbocycles. The molecule has 0 aliphatic carbocycles. The zero-order valence-electron chi connectivity index (χ0n) is 18.7. The highest BCUT2D eigenvalue weighted by molar-refractivity contribution is 14.0. The molecule has 2 N–H and O–H groups in total. The van der Waals surface area contributed by atoms with Crippen LogP contribution in [0.15, 0.2) is 53.5 Å². The van der Waals surface area contributed by atoms with Crippen molar-refractivity contribution in [3.63, 3.8) is 0 Å². The van der Waals surface area contributed by atoms with Crippen LogP contribution in [0.2, 0.25) is 0 Å². The molecule has 7 nitrogen and oxygen atoms in total. The van der Waals surface area contributed by atoms with E-state index >= 15 is 0 Å². The SMILES string of the molecule is CCNC(=NCc1ccc(OCCOC)cc1)NCC(C)Oc1ccccc1OC.I. The number of hydrogen-bond acceptors (Lipinski definition) is 5. The number of nitrogens with one attached hydrogen (secondary N) is 2. The molecule has 8 heteroatoms. The number of halogens is 1. The van der Waals surface area contributed by atoms with Crippen LogP contribution < -0.4 is 24.8 Å². The third-order valence-electron chi connectivity index (χ3n) is 4.20. The van der Waals surface area contributed by atoms with Gasteiger partial charge in [0.2, 0.25) is 0 Å². The van der Waals surface area contributed by atoms with Gasteiger partial charge in [-0.3, -0.25) is 0 Å². The van der Waals surface area contributed by atoms with E-state index in [1.807, 2.05) is 62.4 Å². The van der Waals surface area contributed by atoms with Crippen LogP contribution in [0, 0.1) is 0 Å². The van der Waals surface area contributed by atoms with Crippen LogP contribution in [0.5, 0.6) is 17.2 Å². The molecule has 31 heavy (non-hydrogen) atoms. The average molecular weight is 543 g/mol. The summed E-state index contributed by atoms with van der Waals surface area (Å²) in [6.07, 6.45) is -0.0614. The van der Waals surface area contributed by atoms with Gasteiger partial charge in [-0.05, 0) is 43.7 Å². The number of hydrogen-bond donors (Lipinski definition) is 2. The van der Waals surface area contributed by atoms with Crippen molar-refractivity contribution in [3.05, 3.63) is 54.1 Å². The summed E-state index contributed by atoms with van der Waals surface area (Å²) in [5.41, 5.74) is 1.10. The Balaban J connectivity index is 0.00000480. The molecule has 2 aromatic rings. The second kappa shape index (κ2) is 15.6. The molecule has 0 aliphatic rings. The summed E-state index contributed by atoms with van der Waals surface area (Å²) in [6.45, 7) is 7.11. The third kappa shape index (κ3) is 10.1. The fourth-order valence-corrected chi connectivity index (χ4v) is 2.66. The van der Waals surface area contributed by atoms with E-state index in [9.17, 15) is 0 Å². The fourth-order valence-electron chi connectivity index (χ4n) is 2.66. The summed E-state index contributed by atoms with van der Waals surface area (Å²) in [6, 6.07) is 15.6. The first-order valence-corrected chi connectivity index (χ1v) is 10.2. The molecule has 2 rings (SSSR count). The topological polar surface area (TPSA) is 73.3 Å². The number of para-hydroxylation sites is 2. The zero-order valence-corrected chi connectivity index (χ0v) is 21.1. The van der Waals surface area contributed by atoms with Gasteiger partial charge in [0.1, 0.15) is 18.5 Å². The Bertz CT molecular complexity index is 772. The first-order valence-electron chi connectivity index (χ1n) is 10.2. The van der Waals surface area contributed by atoms with E-state index in [4.69, 9.17) is 18.9 Å². The predicted molar refractivity (Wildman–Crippen MR) is 135 cm³/mol. The van der Waals surface area contributed by atoms with Gasteiger partial charge in [-0.15, -0.1) is 24.0 Å². The number of ether oxygens (including phenoxy) is 4. The molecule has 0 aromatic heterocycles. The van der Waals surface area contributed by atoms with E-state index in [2.05, 4.69) is 15.6 Å². The summed E-state index contributed by atoms with van der Waals surface area (Å²) >= 11 is 0. The normalized spacial score (nSPS) is 11.8. The van der Waals surface area contributed by atoms with Gasteiger partial charge in [0.25, 0.3) is 0 Å². The molecule has 0 heterocycles. The number of methoxy groups -OCH3 is 2. The lowest BCUT2D eigenvalue weighted by molar-refractivity contribution is 0.146. The maximum Gasteiger partial charge on any atom is 0.191 e. The van der Waals surface area contributed by atoms with E-state index in [-0.39, 0.29) is 30.1 Å². The molecule has 1 unspecified atom stereocenters. The van der Waals surface area contributed by atoms with E-state index in [0.717, 1.165) is 35.3 Å². The maximum absolute atomic E-state index is 5.99. The van der Waals surface area contributed by atoms with Gasteiger partial charge in [-0.2, -0.15) is 0 Å². The van der Waals surface area contributed by atoms with Crippen LogP contribution in [-0.4, -0.2) is 52.6 Å². The molecule has 0 radical (unpaired) electrons. The van der Waals surface area contributed by atoms with Gasteiger partial charge in [-0.25, -0.2) is 4.99 Å². The van der Waals surface area contributed by atoms with E-state index in [1.54, 1.807) is 14.2 Å². The van der Waals surface area contributed by atoms with Gasteiger partial charge in [0.05, 0.1) is 26.8 Å². The molecule has 0 aliphatic heterocycles. The van der Waals surface area contributed by atoms with Crippen molar-refractivity contribution in [2.45, 2.75) is 26.5 Å². The number of aliphatic imine (C=N–C) groups is 1.